The normalized spacial score (nSPS) is 10.4. The minimum atomic E-state index is -0.657. The van der Waals surface area contributed by atoms with Crippen molar-refractivity contribution >= 4 is 29.3 Å². The Hall–Kier alpha value is -3.48. The molecule has 0 aliphatic heterocycles. The zero-order valence-corrected chi connectivity index (χ0v) is 13.5. The van der Waals surface area contributed by atoms with E-state index in [1.165, 1.54) is 30.3 Å². The number of hydrogen-bond acceptors (Lipinski definition) is 5. The summed E-state index contributed by atoms with van der Waals surface area (Å²) in [6, 6.07) is 13.0. The molecule has 2 rings (SSSR count). The third-order valence-corrected chi connectivity index (χ3v) is 3.14. The maximum atomic E-state index is 11.7. The summed E-state index contributed by atoms with van der Waals surface area (Å²) in [6.07, 6.45) is 2.82. The minimum absolute atomic E-state index is 0.143. The van der Waals surface area contributed by atoms with Gasteiger partial charge in [-0.05, 0) is 24.6 Å². The lowest BCUT2D eigenvalue weighted by Gasteiger charge is -2.05. The summed E-state index contributed by atoms with van der Waals surface area (Å²) in [4.78, 5) is 33.5. The second kappa shape index (κ2) is 8.39. The van der Waals surface area contributed by atoms with Crippen LogP contribution in [-0.2, 0) is 14.3 Å². The van der Waals surface area contributed by atoms with E-state index >= 15 is 0 Å². The average molecular weight is 340 g/mol. The smallest absolute Gasteiger partial charge is 0.331 e. The van der Waals surface area contributed by atoms with Gasteiger partial charge in [-0.15, -0.1) is 0 Å². The predicted molar refractivity (Wildman–Crippen MR) is 92.9 cm³/mol. The van der Waals surface area contributed by atoms with Crippen LogP contribution in [0, 0.1) is 17.0 Å². The van der Waals surface area contributed by atoms with Crippen LogP contribution in [0.25, 0.3) is 6.08 Å². The number of nitrogens with one attached hydrogen (secondary N) is 1. The molecule has 0 saturated heterocycles. The number of non-ortho nitro benzene ring substituents is 1. The Morgan fingerprint density at radius 1 is 1.20 bits per heavy atom. The molecule has 0 radical (unpaired) electrons. The van der Waals surface area contributed by atoms with E-state index in [0.717, 1.165) is 11.1 Å². The molecule has 128 valence electrons. The largest absolute Gasteiger partial charge is 0.452 e. The van der Waals surface area contributed by atoms with Crippen LogP contribution in [-0.4, -0.2) is 23.4 Å². The van der Waals surface area contributed by atoms with E-state index in [0.29, 0.717) is 0 Å². The zero-order valence-electron chi connectivity index (χ0n) is 13.5. The van der Waals surface area contributed by atoms with Gasteiger partial charge in [-0.3, -0.25) is 14.9 Å². The van der Waals surface area contributed by atoms with Gasteiger partial charge in [0.1, 0.15) is 0 Å². The van der Waals surface area contributed by atoms with Crippen LogP contribution >= 0.6 is 0 Å². The zero-order chi connectivity index (χ0) is 18.2. The fraction of sp³-hybridized carbons (Fsp3) is 0.111. The van der Waals surface area contributed by atoms with Crippen LogP contribution in [0.1, 0.15) is 11.1 Å². The van der Waals surface area contributed by atoms with Crippen LogP contribution in [0.4, 0.5) is 11.4 Å². The van der Waals surface area contributed by atoms with Crippen molar-refractivity contribution < 1.29 is 19.2 Å². The summed E-state index contributed by atoms with van der Waals surface area (Å²) in [6.45, 7) is 1.45. The highest BCUT2D eigenvalue weighted by molar-refractivity contribution is 5.94. The van der Waals surface area contributed by atoms with E-state index < -0.39 is 23.4 Å². The quantitative estimate of drug-likeness (QED) is 0.377. The Labute approximate surface area is 144 Å². The number of anilines is 1. The first-order valence-corrected chi connectivity index (χ1v) is 7.40. The van der Waals surface area contributed by atoms with Gasteiger partial charge in [0.05, 0.1) is 4.92 Å². The van der Waals surface area contributed by atoms with Gasteiger partial charge in [0.25, 0.3) is 11.6 Å². The van der Waals surface area contributed by atoms with Crippen LogP contribution in [0.2, 0.25) is 0 Å². The lowest BCUT2D eigenvalue weighted by atomic mass is 10.1. The molecule has 0 aromatic heterocycles. The lowest BCUT2D eigenvalue weighted by molar-refractivity contribution is -0.384. The fourth-order valence-corrected chi connectivity index (χ4v) is 2.02. The molecule has 0 aliphatic rings. The van der Waals surface area contributed by atoms with E-state index in [9.17, 15) is 19.7 Å². The third-order valence-electron chi connectivity index (χ3n) is 3.14. The standard InChI is InChI=1S/C18H16N2O5/c1-13-4-2-5-14(10-13)8-9-18(22)25-12-17(21)19-15-6-3-7-16(11-15)20(23)24/h2-11H,12H2,1H3,(H,19,21)/b9-8+. The van der Waals surface area contributed by atoms with Crippen molar-refractivity contribution in [3.8, 4) is 0 Å². The molecule has 25 heavy (non-hydrogen) atoms. The highest BCUT2D eigenvalue weighted by Gasteiger charge is 2.09. The van der Waals surface area contributed by atoms with Crippen molar-refractivity contribution in [1.29, 1.82) is 0 Å². The van der Waals surface area contributed by atoms with Gasteiger partial charge < -0.3 is 10.1 Å². The molecule has 1 N–H and O–H groups in total. The van der Waals surface area contributed by atoms with Gasteiger partial charge in [-0.25, -0.2) is 4.79 Å². The molecule has 0 unspecified atom stereocenters. The Bertz CT molecular complexity index is 830. The number of carbonyl (C=O) groups excluding carboxylic acids is 2. The molecular weight excluding hydrogens is 324 g/mol. The lowest BCUT2D eigenvalue weighted by Crippen LogP contribution is -2.20. The topological polar surface area (TPSA) is 98.5 Å². The van der Waals surface area contributed by atoms with E-state index in [-0.39, 0.29) is 11.4 Å². The van der Waals surface area contributed by atoms with Gasteiger partial charge in [-0.2, -0.15) is 0 Å². The van der Waals surface area contributed by atoms with Crippen molar-refractivity contribution in [3.63, 3.8) is 0 Å². The number of nitrogens with zero attached hydrogens (tertiary/aromatic N) is 1. The monoisotopic (exact) mass is 340 g/mol. The number of benzene rings is 2. The number of hydrogen-bond donors (Lipinski definition) is 1. The summed E-state index contributed by atoms with van der Waals surface area (Å²) in [5.74, 6) is -1.24. The van der Waals surface area contributed by atoms with Crippen molar-refractivity contribution in [2.45, 2.75) is 6.92 Å². The number of carbonyl (C=O) groups is 2. The van der Waals surface area contributed by atoms with Crippen LogP contribution in [0.5, 0.6) is 0 Å². The SMILES string of the molecule is Cc1cccc(/C=C/C(=O)OCC(=O)Nc2cccc([N+](=O)[O-])c2)c1. The first-order chi connectivity index (χ1) is 11.9. The number of aryl methyl sites for hydroxylation is 1. The highest BCUT2D eigenvalue weighted by Crippen LogP contribution is 2.16. The maximum absolute atomic E-state index is 11.7. The molecule has 0 fully saturated rings. The number of amides is 1. The van der Waals surface area contributed by atoms with Crippen molar-refractivity contribution in [1.82, 2.24) is 0 Å². The molecule has 0 atom stereocenters. The Morgan fingerprint density at radius 2 is 1.96 bits per heavy atom. The summed E-state index contributed by atoms with van der Waals surface area (Å²) in [7, 11) is 0. The second-order valence-corrected chi connectivity index (χ2v) is 5.21. The fourth-order valence-electron chi connectivity index (χ4n) is 2.02. The molecule has 7 nitrogen and oxygen atoms in total. The number of esters is 1. The van der Waals surface area contributed by atoms with Gasteiger partial charge >= 0.3 is 5.97 Å². The van der Waals surface area contributed by atoms with Crippen molar-refractivity contribution in [3.05, 3.63) is 75.8 Å². The number of nitro benzene ring substituents is 1. The van der Waals surface area contributed by atoms with Gasteiger partial charge in [-0.1, -0.05) is 35.9 Å². The number of ether oxygens (including phenoxy) is 1. The first kappa shape index (κ1) is 17.9. The highest BCUT2D eigenvalue weighted by atomic mass is 16.6. The molecule has 0 spiro atoms. The Kier molecular flexibility index (Phi) is 6.00. The van der Waals surface area contributed by atoms with Crippen molar-refractivity contribution in [2.75, 3.05) is 11.9 Å². The maximum Gasteiger partial charge on any atom is 0.331 e. The first-order valence-electron chi connectivity index (χ1n) is 7.40. The molecule has 0 saturated carbocycles. The van der Waals surface area contributed by atoms with E-state index in [1.54, 1.807) is 6.08 Å². The molecule has 0 aliphatic carbocycles. The van der Waals surface area contributed by atoms with E-state index in [2.05, 4.69) is 5.32 Å². The third kappa shape index (κ3) is 5.91. The van der Waals surface area contributed by atoms with Crippen LogP contribution < -0.4 is 5.32 Å². The van der Waals surface area contributed by atoms with Crippen LogP contribution in [0.15, 0.2) is 54.6 Å². The summed E-state index contributed by atoms with van der Waals surface area (Å²) in [5.41, 5.74) is 2.02. The molecule has 2 aromatic rings. The average Bonchev–Trinajstić information content (AvgIpc) is 2.58. The number of rotatable bonds is 6. The van der Waals surface area contributed by atoms with Crippen molar-refractivity contribution in [2.24, 2.45) is 0 Å². The molecular formula is C18H16N2O5. The van der Waals surface area contributed by atoms with E-state index in [4.69, 9.17) is 4.74 Å². The van der Waals surface area contributed by atoms with Gasteiger partial charge in [0.2, 0.25) is 0 Å². The predicted octanol–water partition coefficient (Wildman–Crippen LogP) is 3.10. The van der Waals surface area contributed by atoms with Gasteiger partial charge in [0, 0.05) is 23.9 Å². The Morgan fingerprint density at radius 3 is 2.68 bits per heavy atom. The molecule has 7 heteroatoms. The summed E-state index contributed by atoms with van der Waals surface area (Å²) < 4.78 is 4.83. The summed E-state index contributed by atoms with van der Waals surface area (Å²) in [5, 5.41) is 13.1. The molecule has 1 amide bonds. The molecule has 2 aromatic carbocycles. The van der Waals surface area contributed by atoms with E-state index in [1.807, 2.05) is 31.2 Å². The second-order valence-electron chi connectivity index (χ2n) is 5.21. The number of nitro groups is 1. The molecule has 0 bridgehead atoms. The minimum Gasteiger partial charge on any atom is -0.452 e. The summed E-state index contributed by atoms with van der Waals surface area (Å²) >= 11 is 0. The Balaban J connectivity index is 1.84. The molecule has 0 heterocycles. The van der Waals surface area contributed by atoms with Gasteiger partial charge in [0.15, 0.2) is 6.61 Å². The van der Waals surface area contributed by atoms with Crippen LogP contribution in [0.3, 0.4) is 0 Å².